The molecule has 1 saturated carbocycles. The number of aryl methyl sites for hydroxylation is 1. The number of aromatic nitrogens is 1. The summed E-state index contributed by atoms with van der Waals surface area (Å²) in [4.78, 5) is 17.5. The molecule has 0 spiro atoms. The van der Waals surface area contributed by atoms with Crippen molar-refractivity contribution >= 4 is 17.2 Å². The van der Waals surface area contributed by atoms with Gasteiger partial charge < -0.3 is 11.1 Å². The molecule has 3 N–H and O–H groups in total. The Balaban J connectivity index is 1.69. The van der Waals surface area contributed by atoms with Gasteiger partial charge in [0.1, 0.15) is 10.7 Å². The molecule has 6 heteroatoms. The Morgan fingerprint density at radius 3 is 2.74 bits per heavy atom. The average molecular weight is 333 g/mol. The number of carbonyl (C=O) groups excluding carboxylic acids is 1. The van der Waals surface area contributed by atoms with E-state index < -0.39 is 0 Å². The molecule has 4 nitrogen and oxygen atoms in total. The lowest BCUT2D eigenvalue weighted by atomic mass is 10.1. The number of benzene rings is 1. The normalized spacial score (nSPS) is 15.4. The van der Waals surface area contributed by atoms with Gasteiger partial charge in [0.05, 0.1) is 10.7 Å². The van der Waals surface area contributed by atoms with Gasteiger partial charge in [0.25, 0.3) is 5.91 Å². The first-order valence-corrected chi connectivity index (χ1v) is 8.60. The molecule has 1 aliphatic rings. The zero-order valence-corrected chi connectivity index (χ0v) is 13.8. The van der Waals surface area contributed by atoms with Gasteiger partial charge in [-0.15, -0.1) is 11.3 Å². The van der Waals surface area contributed by atoms with Crippen LogP contribution in [0.25, 0.3) is 0 Å². The predicted octanol–water partition coefficient (Wildman–Crippen LogP) is 2.65. The largest absolute Gasteiger partial charge is 0.347 e. The lowest BCUT2D eigenvalue weighted by Gasteiger charge is -2.15. The van der Waals surface area contributed by atoms with E-state index in [2.05, 4.69) is 10.3 Å². The van der Waals surface area contributed by atoms with Crippen LogP contribution in [-0.4, -0.2) is 23.5 Å². The highest BCUT2D eigenvalue weighted by Crippen LogP contribution is 2.32. The Morgan fingerprint density at radius 2 is 2.13 bits per heavy atom. The first-order valence-electron chi connectivity index (χ1n) is 7.78. The van der Waals surface area contributed by atoms with Crippen molar-refractivity contribution in [1.29, 1.82) is 0 Å². The molecule has 1 heterocycles. The smallest absolute Gasteiger partial charge is 0.263 e. The maximum absolute atomic E-state index is 12.9. The van der Waals surface area contributed by atoms with E-state index in [1.165, 1.54) is 23.5 Å². The van der Waals surface area contributed by atoms with Gasteiger partial charge in [0.2, 0.25) is 0 Å². The predicted molar refractivity (Wildman–Crippen MR) is 89.1 cm³/mol. The Hall–Kier alpha value is -1.79. The van der Waals surface area contributed by atoms with E-state index in [1.54, 1.807) is 12.1 Å². The zero-order chi connectivity index (χ0) is 16.4. The summed E-state index contributed by atoms with van der Waals surface area (Å²) >= 11 is 1.39. The lowest BCUT2D eigenvalue weighted by Crippen LogP contribution is -2.41. The molecule has 1 amide bonds. The molecular formula is C17H20FN3OS. The highest BCUT2D eigenvalue weighted by Gasteiger charge is 2.32. The van der Waals surface area contributed by atoms with Gasteiger partial charge in [-0.05, 0) is 43.4 Å². The number of nitrogens with one attached hydrogen (secondary N) is 1. The SMILES string of the molecule is Cc1nc(Cc2ccc(F)cc2)sc1C(=O)NC(CN)C1CC1. The summed E-state index contributed by atoms with van der Waals surface area (Å²) in [6.45, 7) is 2.31. The fraction of sp³-hybridized carbons (Fsp3) is 0.412. The molecule has 1 aliphatic carbocycles. The zero-order valence-electron chi connectivity index (χ0n) is 13.0. The Bertz CT molecular complexity index is 694. The van der Waals surface area contributed by atoms with Crippen molar-refractivity contribution in [3.8, 4) is 0 Å². The van der Waals surface area contributed by atoms with Gasteiger partial charge in [-0.25, -0.2) is 9.37 Å². The summed E-state index contributed by atoms with van der Waals surface area (Å²) in [5, 5.41) is 3.88. The van der Waals surface area contributed by atoms with Gasteiger partial charge >= 0.3 is 0 Å². The van der Waals surface area contributed by atoms with Crippen molar-refractivity contribution in [2.75, 3.05) is 6.54 Å². The molecular weight excluding hydrogens is 313 g/mol. The van der Waals surface area contributed by atoms with Crippen LogP contribution in [0.1, 0.15) is 38.8 Å². The minimum absolute atomic E-state index is 0.0598. The number of hydrogen-bond donors (Lipinski definition) is 2. The summed E-state index contributed by atoms with van der Waals surface area (Å²) in [5.41, 5.74) is 7.45. The molecule has 1 atom stereocenters. The number of nitrogens with zero attached hydrogens (tertiary/aromatic N) is 1. The number of nitrogens with two attached hydrogens (primary N) is 1. The summed E-state index contributed by atoms with van der Waals surface area (Å²) in [6.07, 6.45) is 2.88. The lowest BCUT2D eigenvalue weighted by molar-refractivity contribution is 0.0937. The third-order valence-electron chi connectivity index (χ3n) is 4.08. The van der Waals surface area contributed by atoms with E-state index in [-0.39, 0.29) is 17.8 Å². The van der Waals surface area contributed by atoms with Crippen LogP contribution in [0.3, 0.4) is 0 Å². The van der Waals surface area contributed by atoms with Crippen LogP contribution in [0.2, 0.25) is 0 Å². The van der Waals surface area contributed by atoms with Crippen LogP contribution >= 0.6 is 11.3 Å². The molecule has 3 rings (SSSR count). The summed E-state index contributed by atoms with van der Waals surface area (Å²) in [5.74, 6) is 0.181. The molecule has 23 heavy (non-hydrogen) atoms. The number of rotatable bonds is 6. The molecule has 1 unspecified atom stereocenters. The van der Waals surface area contributed by atoms with Crippen molar-refractivity contribution in [2.45, 2.75) is 32.2 Å². The second-order valence-corrected chi connectivity index (χ2v) is 7.06. The fourth-order valence-electron chi connectivity index (χ4n) is 2.62. The van der Waals surface area contributed by atoms with E-state index in [1.807, 2.05) is 6.92 Å². The highest BCUT2D eigenvalue weighted by molar-refractivity contribution is 7.13. The van der Waals surface area contributed by atoms with Crippen molar-refractivity contribution in [3.05, 3.63) is 51.2 Å². The Morgan fingerprint density at radius 1 is 1.43 bits per heavy atom. The fourth-order valence-corrected chi connectivity index (χ4v) is 3.62. The van der Waals surface area contributed by atoms with E-state index in [0.717, 1.165) is 29.1 Å². The number of hydrogen-bond acceptors (Lipinski definition) is 4. The van der Waals surface area contributed by atoms with Crippen LogP contribution in [-0.2, 0) is 6.42 Å². The maximum atomic E-state index is 12.9. The minimum Gasteiger partial charge on any atom is -0.347 e. The number of carbonyl (C=O) groups is 1. The van der Waals surface area contributed by atoms with Gasteiger partial charge in [-0.2, -0.15) is 0 Å². The van der Waals surface area contributed by atoms with E-state index in [4.69, 9.17) is 5.73 Å². The van der Waals surface area contributed by atoms with Crippen LogP contribution in [0.4, 0.5) is 4.39 Å². The highest BCUT2D eigenvalue weighted by atomic mass is 32.1. The summed E-state index contributed by atoms with van der Waals surface area (Å²) in [6, 6.07) is 6.41. The third kappa shape index (κ3) is 3.95. The van der Waals surface area contributed by atoms with Crippen molar-refractivity contribution in [1.82, 2.24) is 10.3 Å². The van der Waals surface area contributed by atoms with Crippen LogP contribution in [0.5, 0.6) is 0 Å². The van der Waals surface area contributed by atoms with E-state index in [0.29, 0.717) is 23.8 Å². The van der Waals surface area contributed by atoms with Gasteiger partial charge in [-0.1, -0.05) is 12.1 Å². The van der Waals surface area contributed by atoms with Gasteiger partial charge in [0, 0.05) is 19.0 Å². The molecule has 1 aromatic carbocycles. The molecule has 0 bridgehead atoms. The molecule has 0 aliphatic heterocycles. The number of thiazole rings is 1. The number of halogens is 1. The van der Waals surface area contributed by atoms with Gasteiger partial charge in [-0.3, -0.25) is 4.79 Å². The minimum atomic E-state index is -0.253. The molecule has 1 aromatic heterocycles. The van der Waals surface area contributed by atoms with Crippen molar-refractivity contribution in [2.24, 2.45) is 11.7 Å². The monoisotopic (exact) mass is 333 g/mol. The second-order valence-electron chi connectivity index (χ2n) is 5.98. The second kappa shape index (κ2) is 6.76. The number of amides is 1. The summed E-state index contributed by atoms with van der Waals surface area (Å²) < 4.78 is 12.9. The van der Waals surface area contributed by atoms with Gasteiger partial charge in [0.15, 0.2) is 0 Å². The first-order chi connectivity index (χ1) is 11.1. The van der Waals surface area contributed by atoms with Crippen LogP contribution in [0.15, 0.2) is 24.3 Å². The molecule has 122 valence electrons. The quantitative estimate of drug-likeness (QED) is 0.854. The van der Waals surface area contributed by atoms with Crippen molar-refractivity contribution < 1.29 is 9.18 Å². The molecule has 1 fully saturated rings. The molecule has 2 aromatic rings. The van der Waals surface area contributed by atoms with E-state index in [9.17, 15) is 9.18 Å². The van der Waals surface area contributed by atoms with Crippen LogP contribution < -0.4 is 11.1 Å². The first kappa shape index (κ1) is 16.1. The Labute approximate surface area is 138 Å². The standard InChI is InChI=1S/C17H20FN3OS/c1-10-16(17(22)21-14(9-19)12-4-5-12)23-15(20-10)8-11-2-6-13(18)7-3-11/h2-3,6-7,12,14H,4-5,8-9,19H2,1H3,(H,21,22). The average Bonchev–Trinajstić information content (AvgIpc) is 3.30. The maximum Gasteiger partial charge on any atom is 0.263 e. The molecule has 0 saturated heterocycles. The third-order valence-corrected chi connectivity index (χ3v) is 5.23. The Kier molecular flexibility index (Phi) is 4.73. The van der Waals surface area contributed by atoms with E-state index >= 15 is 0 Å². The molecule has 0 radical (unpaired) electrons. The van der Waals surface area contributed by atoms with Crippen molar-refractivity contribution in [3.63, 3.8) is 0 Å². The summed E-state index contributed by atoms with van der Waals surface area (Å²) in [7, 11) is 0. The van der Waals surface area contributed by atoms with Crippen LogP contribution in [0, 0.1) is 18.7 Å². The topological polar surface area (TPSA) is 68.0 Å².